The molecule has 0 amide bonds. The van der Waals surface area contributed by atoms with E-state index in [0.717, 1.165) is 0 Å². The maximum Gasteiger partial charge on any atom is 0.218 e. The molecule has 14 heavy (non-hydrogen) atoms. The van der Waals surface area contributed by atoms with Crippen molar-refractivity contribution in [3.8, 4) is 5.88 Å². The third kappa shape index (κ3) is 2.15. The van der Waals surface area contributed by atoms with Crippen molar-refractivity contribution in [3.63, 3.8) is 0 Å². The average molecular weight is 217 g/mol. The van der Waals surface area contributed by atoms with Crippen LogP contribution in [0.25, 0.3) is 0 Å². The van der Waals surface area contributed by atoms with E-state index in [1.807, 2.05) is 0 Å². The maximum absolute atomic E-state index is 9.11. The highest BCUT2D eigenvalue weighted by Crippen LogP contribution is 2.27. The number of aliphatic hydroxyl groups is 1. The van der Waals surface area contributed by atoms with E-state index in [1.54, 1.807) is 13.0 Å². The molecule has 0 spiro atoms. The summed E-state index contributed by atoms with van der Waals surface area (Å²) in [5, 5.41) is 9.57. The smallest absolute Gasteiger partial charge is 0.218 e. The fourth-order valence-corrected chi connectivity index (χ4v) is 1.24. The van der Waals surface area contributed by atoms with Gasteiger partial charge in [0.05, 0.1) is 24.3 Å². The molecule has 5 heteroatoms. The first-order valence-corrected chi connectivity index (χ1v) is 4.49. The van der Waals surface area contributed by atoms with Crippen molar-refractivity contribution in [3.05, 3.63) is 22.8 Å². The van der Waals surface area contributed by atoms with Gasteiger partial charge in [-0.15, -0.1) is 0 Å². The molecule has 1 atom stereocenters. The van der Waals surface area contributed by atoms with Crippen LogP contribution in [0.5, 0.6) is 5.88 Å². The molecule has 3 N–H and O–H groups in total. The van der Waals surface area contributed by atoms with Gasteiger partial charge in [-0.05, 0) is 13.0 Å². The molecule has 1 unspecified atom stereocenters. The number of nitrogens with zero attached hydrogens (tertiary/aromatic N) is 1. The number of aromatic nitrogens is 1. The standard InChI is InChI=1S/C9H13ClN2O2/c1-9(11,5-13)7-3-6(10)4-12-8(7)14-2/h3-4,13H,5,11H2,1-2H3. The molecule has 4 nitrogen and oxygen atoms in total. The number of halogens is 1. The normalized spacial score (nSPS) is 14.9. The van der Waals surface area contributed by atoms with Gasteiger partial charge in [-0.25, -0.2) is 4.98 Å². The predicted octanol–water partition coefficient (Wildman–Crippen LogP) is 0.910. The molecule has 78 valence electrons. The number of hydrogen-bond acceptors (Lipinski definition) is 4. The minimum absolute atomic E-state index is 0.203. The van der Waals surface area contributed by atoms with E-state index in [1.165, 1.54) is 13.3 Å². The van der Waals surface area contributed by atoms with Crippen LogP contribution in [0.15, 0.2) is 12.3 Å². The molecule has 1 heterocycles. The molecule has 1 aromatic rings. The quantitative estimate of drug-likeness (QED) is 0.788. The fourth-order valence-electron chi connectivity index (χ4n) is 1.08. The molecule has 0 radical (unpaired) electrons. The molecule has 0 bridgehead atoms. The van der Waals surface area contributed by atoms with Crippen LogP contribution in [0.3, 0.4) is 0 Å². The second-order valence-electron chi connectivity index (χ2n) is 3.29. The van der Waals surface area contributed by atoms with Crippen LogP contribution >= 0.6 is 11.6 Å². The van der Waals surface area contributed by atoms with Crippen LogP contribution in [-0.4, -0.2) is 23.8 Å². The number of aliphatic hydroxyl groups excluding tert-OH is 1. The Morgan fingerprint density at radius 1 is 1.71 bits per heavy atom. The zero-order valence-corrected chi connectivity index (χ0v) is 8.88. The third-order valence-corrected chi connectivity index (χ3v) is 2.16. The summed E-state index contributed by atoms with van der Waals surface area (Å²) >= 11 is 5.78. The lowest BCUT2D eigenvalue weighted by atomic mass is 9.95. The number of methoxy groups -OCH3 is 1. The van der Waals surface area contributed by atoms with Gasteiger partial charge in [0.15, 0.2) is 0 Å². The highest BCUT2D eigenvalue weighted by atomic mass is 35.5. The average Bonchev–Trinajstić information content (AvgIpc) is 2.18. The van der Waals surface area contributed by atoms with Crippen LogP contribution < -0.4 is 10.5 Å². The Morgan fingerprint density at radius 3 is 2.86 bits per heavy atom. The Morgan fingerprint density at radius 2 is 2.36 bits per heavy atom. The summed E-state index contributed by atoms with van der Waals surface area (Å²) in [6.07, 6.45) is 1.47. The number of ether oxygens (including phenoxy) is 1. The molecule has 1 aromatic heterocycles. The van der Waals surface area contributed by atoms with Crippen molar-refractivity contribution in [1.29, 1.82) is 0 Å². The fraction of sp³-hybridized carbons (Fsp3) is 0.444. The van der Waals surface area contributed by atoms with Crippen LogP contribution in [0.2, 0.25) is 5.02 Å². The molecule has 0 aliphatic carbocycles. The Balaban J connectivity index is 3.23. The van der Waals surface area contributed by atoms with Gasteiger partial charge < -0.3 is 15.6 Å². The summed E-state index contributed by atoms with van der Waals surface area (Å²) in [7, 11) is 1.49. The van der Waals surface area contributed by atoms with Crippen molar-refractivity contribution in [1.82, 2.24) is 4.98 Å². The van der Waals surface area contributed by atoms with E-state index in [4.69, 9.17) is 27.2 Å². The second-order valence-corrected chi connectivity index (χ2v) is 3.72. The lowest BCUT2D eigenvalue weighted by Gasteiger charge is -2.23. The van der Waals surface area contributed by atoms with Gasteiger partial charge in [0, 0.05) is 11.8 Å². The van der Waals surface area contributed by atoms with Crippen LogP contribution in [-0.2, 0) is 5.54 Å². The Kier molecular flexibility index (Phi) is 3.31. The summed E-state index contributed by atoms with van der Waals surface area (Å²) < 4.78 is 5.03. The van der Waals surface area contributed by atoms with Gasteiger partial charge >= 0.3 is 0 Å². The van der Waals surface area contributed by atoms with Gasteiger partial charge in [0.1, 0.15) is 0 Å². The lowest BCUT2D eigenvalue weighted by molar-refractivity contribution is 0.205. The molecular formula is C9H13ClN2O2. The van der Waals surface area contributed by atoms with Gasteiger partial charge in [0.2, 0.25) is 5.88 Å². The van der Waals surface area contributed by atoms with Crippen LogP contribution in [0.1, 0.15) is 12.5 Å². The van der Waals surface area contributed by atoms with E-state index in [2.05, 4.69) is 4.98 Å². The van der Waals surface area contributed by atoms with Crippen molar-refractivity contribution in [2.45, 2.75) is 12.5 Å². The molecular weight excluding hydrogens is 204 g/mol. The van der Waals surface area contributed by atoms with Crippen molar-refractivity contribution >= 4 is 11.6 Å². The topological polar surface area (TPSA) is 68.4 Å². The van der Waals surface area contributed by atoms with E-state index in [0.29, 0.717) is 16.5 Å². The summed E-state index contributed by atoms with van der Waals surface area (Å²) in [5.41, 5.74) is 5.55. The van der Waals surface area contributed by atoms with E-state index >= 15 is 0 Å². The van der Waals surface area contributed by atoms with Crippen LogP contribution in [0.4, 0.5) is 0 Å². The molecule has 0 saturated heterocycles. The van der Waals surface area contributed by atoms with Crippen LogP contribution in [0, 0.1) is 0 Å². The molecule has 1 rings (SSSR count). The summed E-state index contributed by atoms with van der Waals surface area (Å²) in [6, 6.07) is 1.64. The molecule has 0 aromatic carbocycles. The Hall–Kier alpha value is -0.840. The van der Waals surface area contributed by atoms with Crippen molar-refractivity contribution in [2.75, 3.05) is 13.7 Å². The number of rotatable bonds is 3. The minimum atomic E-state index is -0.900. The van der Waals surface area contributed by atoms with E-state index in [9.17, 15) is 0 Å². The largest absolute Gasteiger partial charge is 0.481 e. The summed E-state index contributed by atoms with van der Waals surface area (Å²) in [5.74, 6) is 0.383. The summed E-state index contributed by atoms with van der Waals surface area (Å²) in [4.78, 5) is 3.97. The highest BCUT2D eigenvalue weighted by Gasteiger charge is 2.25. The summed E-state index contributed by atoms with van der Waals surface area (Å²) in [6.45, 7) is 1.48. The first kappa shape index (κ1) is 11.2. The van der Waals surface area contributed by atoms with E-state index < -0.39 is 5.54 Å². The highest BCUT2D eigenvalue weighted by molar-refractivity contribution is 6.30. The number of nitrogens with two attached hydrogens (primary N) is 1. The number of pyridine rings is 1. The van der Waals surface area contributed by atoms with Crippen molar-refractivity contribution in [2.24, 2.45) is 5.73 Å². The minimum Gasteiger partial charge on any atom is -0.481 e. The number of hydrogen-bond donors (Lipinski definition) is 2. The Labute approximate surface area is 87.7 Å². The Bertz CT molecular complexity index is 329. The molecule has 0 fully saturated rings. The van der Waals surface area contributed by atoms with Gasteiger partial charge in [-0.1, -0.05) is 11.6 Å². The zero-order valence-electron chi connectivity index (χ0n) is 8.12. The SMILES string of the molecule is COc1ncc(Cl)cc1C(C)(N)CO. The molecule has 0 saturated carbocycles. The monoisotopic (exact) mass is 216 g/mol. The molecule has 0 aliphatic rings. The van der Waals surface area contributed by atoms with Crippen molar-refractivity contribution < 1.29 is 9.84 Å². The first-order chi connectivity index (χ1) is 6.51. The lowest BCUT2D eigenvalue weighted by Crippen LogP contribution is -2.37. The maximum atomic E-state index is 9.11. The molecule has 0 aliphatic heterocycles. The van der Waals surface area contributed by atoms with Gasteiger partial charge in [0.25, 0.3) is 0 Å². The zero-order chi connectivity index (χ0) is 10.8. The first-order valence-electron chi connectivity index (χ1n) is 4.11. The second kappa shape index (κ2) is 4.13. The van der Waals surface area contributed by atoms with E-state index in [-0.39, 0.29) is 6.61 Å². The van der Waals surface area contributed by atoms with Gasteiger partial charge in [-0.2, -0.15) is 0 Å². The predicted molar refractivity (Wildman–Crippen MR) is 54.4 cm³/mol. The third-order valence-electron chi connectivity index (χ3n) is 1.95. The van der Waals surface area contributed by atoms with Gasteiger partial charge in [-0.3, -0.25) is 0 Å².